The average Bonchev–Trinajstić information content (AvgIpc) is 3.28. The van der Waals surface area contributed by atoms with Gasteiger partial charge in [0.2, 0.25) is 23.6 Å². The van der Waals surface area contributed by atoms with Gasteiger partial charge in [-0.05, 0) is 31.1 Å². The van der Waals surface area contributed by atoms with E-state index in [9.17, 15) is 29.1 Å². The quantitative estimate of drug-likeness (QED) is 0.149. The summed E-state index contributed by atoms with van der Waals surface area (Å²) in [5.74, 6) is -3.68. The van der Waals surface area contributed by atoms with Crippen molar-refractivity contribution in [3.05, 3.63) is 18.2 Å². The van der Waals surface area contributed by atoms with E-state index in [1.54, 1.807) is 0 Å². The van der Waals surface area contributed by atoms with Gasteiger partial charge in [0.25, 0.3) is 0 Å². The van der Waals surface area contributed by atoms with Crippen LogP contribution in [0.25, 0.3) is 0 Å². The van der Waals surface area contributed by atoms with Crippen molar-refractivity contribution in [1.82, 2.24) is 25.9 Å². The number of aliphatic carboxylic acids is 1. The van der Waals surface area contributed by atoms with Gasteiger partial charge in [0.05, 0.1) is 12.4 Å². The molecule has 0 saturated heterocycles. The Morgan fingerprint density at radius 1 is 0.917 bits per heavy atom. The molecule has 0 aliphatic carbocycles. The van der Waals surface area contributed by atoms with Crippen molar-refractivity contribution in [1.29, 1.82) is 0 Å². The molecule has 1 aromatic heterocycles. The lowest BCUT2D eigenvalue weighted by molar-refractivity contribution is -0.142. The number of carboxylic acid groups (broad SMARTS) is 1. The number of primary amides is 1. The van der Waals surface area contributed by atoms with Crippen molar-refractivity contribution < 1.29 is 29.1 Å². The topological polar surface area (TPSA) is 222 Å². The highest BCUT2D eigenvalue weighted by atomic mass is 16.4. The maximum absolute atomic E-state index is 13.1. The molecule has 4 atom stereocenters. The molecule has 0 saturated carbocycles. The molecule has 1 aromatic rings. The predicted molar refractivity (Wildman–Crippen MR) is 131 cm³/mol. The summed E-state index contributed by atoms with van der Waals surface area (Å²) in [5, 5.41) is 17.3. The van der Waals surface area contributed by atoms with Crippen LogP contribution in [0.2, 0.25) is 0 Å². The molecule has 0 spiro atoms. The highest BCUT2D eigenvalue weighted by Gasteiger charge is 2.31. The number of nitrogens with two attached hydrogens (primary N) is 2. The number of carboxylic acids is 1. The molecule has 1 rings (SSSR count). The Kier molecular flexibility index (Phi) is 12.6. The van der Waals surface area contributed by atoms with Crippen LogP contribution in [0.4, 0.5) is 0 Å². The third kappa shape index (κ3) is 11.3. The van der Waals surface area contributed by atoms with Crippen LogP contribution in [0.3, 0.4) is 0 Å². The van der Waals surface area contributed by atoms with Crippen LogP contribution in [0.5, 0.6) is 0 Å². The first kappa shape index (κ1) is 30.6. The molecule has 0 fully saturated rings. The molecule has 0 bridgehead atoms. The standard InChI is InChI=1S/C23H39N7O6/c1-12(2)7-16(28-20(32)15(24)5-6-19(25)31)21(33)29-17(8-13(3)4)22(34)30-18(23(35)36)9-14-10-26-11-27-14/h10-13,15-18H,5-9,24H2,1-4H3,(H2,25,31)(H,26,27)(H,28,32)(H,29,33)(H,30,34)(H,35,36). The molecule has 36 heavy (non-hydrogen) atoms. The number of H-pyrrole nitrogens is 1. The number of nitrogens with zero attached hydrogens (tertiary/aromatic N) is 1. The van der Waals surface area contributed by atoms with Crippen LogP contribution < -0.4 is 27.4 Å². The minimum atomic E-state index is -1.24. The Balaban J connectivity index is 2.96. The number of imidazole rings is 1. The summed E-state index contributed by atoms with van der Waals surface area (Å²) < 4.78 is 0. The Morgan fingerprint density at radius 3 is 1.83 bits per heavy atom. The van der Waals surface area contributed by atoms with Gasteiger partial charge in [-0.2, -0.15) is 0 Å². The second-order valence-corrected chi connectivity index (χ2v) is 9.67. The Hall–Kier alpha value is -3.48. The minimum Gasteiger partial charge on any atom is -0.480 e. The number of carbonyl (C=O) groups excluding carboxylic acids is 4. The van der Waals surface area contributed by atoms with Crippen LogP contribution in [0, 0.1) is 11.8 Å². The van der Waals surface area contributed by atoms with Crippen LogP contribution >= 0.6 is 0 Å². The summed E-state index contributed by atoms with van der Waals surface area (Å²) in [5.41, 5.74) is 11.4. The monoisotopic (exact) mass is 509 g/mol. The van der Waals surface area contributed by atoms with E-state index in [-0.39, 0.29) is 43.9 Å². The molecular formula is C23H39N7O6. The first-order valence-corrected chi connectivity index (χ1v) is 11.9. The Bertz CT molecular complexity index is 888. The van der Waals surface area contributed by atoms with Crippen molar-refractivity contribution in [2.24, 2.45) is 23.3 Å². The lowest BCUT2D eigenvalue weighted by atomic mass is 9.99. The molecule has 13 nitrogen and oxygen atoms in total. The summed E-state index contributed by atoms with van der Waals surface area (Å²) in [6.45, 7) is 7.45. The fraction of sp³-hybridized carbons (Fsp3) is 0.652. The molecule has 9 N–H and O–H groups in total. The van der Waals surface area contributed by atoms with Gasteiger partial charge in [0.1, 0.15) is 18.1 Å². The van der Waals surface area contributed by atoms with E-state index >= 15 is 0 Å². The number of rotatable bonds is 16. The first-order valence-electron chi connectivity index (χ1n) is 11.9. The van der Waals surface area contributed by atoms with Gasteiger partial charge in [-0.15, -0.1) is 0 Å². The number of nitrogens with one attached hydrogen (secondary N) is 4. The average molecular weight is 510 g/mol. The van der Waals surface area contributed by atoms with E-state index in [1.807, 2.05) is 27.7 Å². The Morgan fingerprint density at radius 2 is 1.42 bits per heavy atom. The van der Waals surface area contributed by atoms with Crippen molar-refractivity contribution in [3.63, 3.8) is 0 Å². The second-order valence-electron chi connectivity index (χ2n) is 9.67. The molecule has 0 aromatic carbocycles. The molecular weight excluding hydrogens is 470 g/mol. The zero-order valence-corrected chi connectivity index (χ0v) is 21.2. The molecule has 13 heteroatoms. The minimum absolute atomic E-state index is 0.00250. The van der Waals surface area contributed by atoms with E-state index in [4.69, 9.17) is 11.5 Å². The van der Waals surface area contributed by atoms with Gasteiger partial charge >= 0.3 is 5.97 Å². The van der Waals surface area contributed by atoms with E-state index < -0.39 is 53.8 Å². The third-order valence-corrected chi connectivity index (χ3v) is 5.31. The molecule has 0 aliphatic heterocycles. The van der Waals surface area contributed by atoms with E-state index in [1.165, 1.54) is 12.5 Å². The highest BCUT2D eigenvalue weighted by molar-refractivity contribution is 5.94. The number of amides is 4. The second kappa shape index (κ2) is 14.8. The highest BCUT2D eigenvalue weighted by Crippen LogP contribution is 2.10. The van der Waals surface area contributed by atoms with Crippen LogP contribution in [0.1, 0.15) is 59.1 Å². The zero-order valence-electron chi connectivity index (χ0n) is 21.2. The van der Waals surface area contributed by atoms with Gasteiger partial charge in [-0.25, -0.2) is 9.78 Å². The largest absolute Gasteiger partial charge is 0.480 e. The normalized spacial score (nSPS) is 14.5. The fourth-order valence-corrected chi connectivity index (χ4v) is 3.47. The van der Waals surface area contributed by atoms with Gasteiger partial charge in [0.15, 0.2) is 0 Å². The summed E-state index contributed by atoms with van der Waals surface area (Å²) in [6.07, 6.45) is 3.32. The zero-order chi connectivity index (χ0) is 27.4. The molecule has 4 unspecified atom stereocenters. The van der Waals surface area contributed by atoms with Crippen molar-refractivity contribution in [3.8, 4) is 0 Å². The smallest absolute Gasteiger partial charge is 0.326 e. The Labute approximate surface area is 210 Å². The van der Waals surface area contributed by atoms with Gasteiger partial charge in [-0.3, -0.25) is 19.2 Å². The number of aromatic nitrogens is 2. The summed E-state index contributed by atoms with van der Waals surface area (Å²) in [6, 6.07) is -4.29. The van der Waals surface area contributed by atoms with Gasteiger partial charge in [0, 0.05) is 24.7 Å². The summed E-state index contributed by atoms with van der Waals surface area (Å²) >= 11 is 0. The van der Waals surface area contributed by atoms with Crippen LogP contribution in [-0.4, -0.2) is 68.8 Å². The lowest BCUT2D eigenvalue weighted by Gasteiger charge is -2.26. The van der Waals surface area contributed by atoms with Crippen LogP contribution in [-0.2, 0) is 30.4 Å². The van der Waals surface area contributed by atoms with E-state index in [0.717, 1.165) is 0 Å². The number of hydrogen-bond donors (Lipinski definition) is 7. The summed E-state index contributed by atoms with van der Waals surface area (Å²) in [7, 11) is 0. The first-order chi connectivity index (χ1) is 16.8. The van der Waals surface area contributed by atoms with Crippen molar-refractivity contribution in [2.75, 3.05) is 0 Å². The fourth-order valence-electron chi connectivity index (χ4n) is 3.47. The lowest BCUT2D eigenvalue weighted by Crippen LogP contribution is -2.57. The van der Waals surface area contributed by atoms with E-state index in [2.05, 4.69) is 25.9 Å². The molecule has 4 amide bonds. The van der Waals surface area contributed by atoms with Gasteiger partial charge < -0.3 is 37.5 Å². The maximum Gasteiger partial charge on any atom is 0.326 e. The molecule has 0 radical (unpaired) electrons. The number of carbonyl (C=O) groups is 5. The molecule has 1 heterocycles. The SMILES string of the molecule is CC(C)CC(NC(=O)C(N)CCC(N)=O)C(=O)NC(CC(C)C)C(=O)NC(Cc1cnc[nH]1)C(=O)O. The van der Waals surface area contributed by atoms with Crippen molar-refractivity contribution >= 4 is 29.6 Å². The number of aromatic amines is 1. The molecule has 202 valence electrons. The number of hydrogen-bond acceptors (Lipinski definition) is 7. The summed E-state index contributed by atoms with van der Waals surface area (Å²) in [4.78, 5) is 68.0. The van der Waals surface area contributed by atoms with Crippen molar-refractivity contribution in [2.45, 2.75) is 84.0 Å². The van der Waals surface area contributed by atoms with Crippen LogP contribution in [0.15, 0.2) is 12.5 Å². The van der Waals surface area contributed by atoms with E-state index in [0.29, 0.717) is 5.69 Å². The predicted octanol–water partition coefficient (Wildman–Crippen LogP) is -0.824. The molecule has 0 aliphatic rings. The maximum atomic E-state index is 13.1. The van der Waals surface area contributed by atoms with Gasteiger partial charge in [-0.1, -0.05) is 27.7 Å². The third-order valence-electron chi connectivity index (χ3n) is 5.31.